The number of fused-ring (bicyclic) bond motifs is 1. The number of hydrogen-bond donors (Lipinski definition) is 2. The van der Waals surface area contributed by atoms with E-state index in [1.54, 1.807) is 24.0 Å². The van der Waals surface area contributed by atoms with Crippen LogP contribution in [0.25, 0.3) is 0 Å². The third-order valence-corrected chi connectivity index (χ3v) is 5.01. The summed E-state index contributed by atoms with van der Waals surface area (Å²) in [6.45, 7) is 3.71. The second kappa shape index (κ2) is 7.94. The predicted octanol–water partition coefficient (Wildman–Crippen LogP) is 4.71. The summed E-state index contributed by atoms with van der Waals surface area (Å²) < 4.78 is 38.6. The van der Waals surface area contributed by atoms with Crippen LogP contribution in [0.3, 0.4) is 0 Å². The SMILES string of the molecule is CC(=O)N1CCc2cc(N[C@H](C)C(=O)Nc3cc(C(F)(F)F)ccc3Cl)ccc21. The van der Waals surface area contributed by atoms with E-state index in [1.165, 1.54) is 6.92 Å². The topological polar surface area (TPSA) is 61.4 Å². The number of amides is 2. The zero-order valence-electron chi connectivity index (χ0n) is 15.7. The third-order valence-electron chi connectivity index (χ3n) is 4.68. The first-order valence-corrected chi connectivity index (χ1v) is 9.29. The molecule has 1 aliphatic heterocycles. The molecule has 3 rings (SSSR count). The van der Waals surface area contributed by atoms with Gasteiger partial charge in [-0.15, -0.1) is 0 Å². The summed E-state index contributed by atoms with van der Waals surface area (Å²) in [5.41, 5.74) is 1.50. The molecule has 5 nitrogen and oxygen atoms in total. The van der Waals surface area contributed by atoms with Crippen molar-refractivity contribution in [2.45, 2.75) is 32.5 Å². The van der Waals surface area contributed by atoms with Gasteiger partial charge in [0, 0.05) is 24.8 Å². The van der Waals surface area contributed by atoms with E-state index in [2.05, 4.69) is 10.6 Å². The molecule has 0 fully saturated rings. The quantitative estimate of drug-likeness (QED) is 0.746. The van der Waals surface area contributed by atoms with Crippen molar-refractivity contribution in [2.24, 2.45) is 0 Å². The summed E-state index contributed by atoms with van der Waals surface area (Å²) in [4.78, 5) is 25.7. The van der Waals surface area contributed by atoms with E-state index in [1.807, 2.05) is 6.07 Å². The largest absolute Gasteiger partial charge is 0.416 e. The summed E-state index contributed by atoms with van der Waals surface area (Å²) in [7, 11) is 0. The number of benzene rings is 2. The van der Waals surface area contributed by atoms with E-state index >= 15 is 0 Å². The first-order valence-electron chi connectivity index (χ1n) is 8.91. The average Bonchev–Trinajstić information content (AvgIpc) is 3.06. The molecule has 1 aliphatic rings. The van der Waals surface area contributed by atoms with Crippen molar-refractivity contribution in [3.8, 4) is 0 Å². The van der Waals surface area contributed by atoms with Crippen molar-refractivity contribution >= 4 is 40.5 Å². The first kappa shape index (κ1) is 21.0. The highest BCUT2D eigenvalue weighted by atomic mass is 35.5. The summed E-state index contributed by atoms with van der Waals surface area (Å²) in [5, 5.41) is 5.46. The van der Waals surface area contributed by atoms with Crippen LogP contribution < -0.4 is 15.5 Å². The molecule has 0 saturated carbocycles. The molecule has 2 N–H and O–H groups in total. The highest BCUT2D eigenvalue weighted by Gasteiger charge is 2.31. The lowest BCUT2D eigenvalue weighted by atomic mass is 10.1. The van der Waals surface area contributed by atoms with Crippen molar-refractivity contribution in [1.29, 1.82) is 0 Å². The molecule has 0 bridgehead atoms. The minimum Gasteiger partial charge on any atom is -0.374 e. The Hall–Kier alpha value is -2.74. The molecule has 1 atom stereocenters. The van der Waals surface area contributed by atoms with Crippen LogP contribution in [0.1, 0.15) is 25.0 Å². The lowest BCUT2D eigenvalue weighted by molar-refractivity contribution is -0.137. The van der Waals surface area contributed by atoms with Gasteiger partial charge in [0.15, 0.2) is 0 Å². The summed E-state index contributed by atoms with van der Waals surface area (Å²) in [6, 6.07) is 7.44. The van der Waals surface area contributed by atoms with Crippen LogP contribution in [0.15, 0.2) is 36.4 Å². The molecule has 29 heavy (non-hydrogen) atoms. The van der Waals surface area contributed by atoms with Gasteiger partial charge >= 0.3 is 6.18 Å². The fraction of sp³-hybridized carbons (Fsp3) is 0.300. The fourth-order valence-corrected chi connectivity index (χ4v) is 3.34. The van der Waals surface area contributed by atoms with Gasteiger partial charge < -0.3 is 15.5 Å². The summed E-state index contributed by atoms with van der Waals surface area (Å²) in [5.74, 6) is -0.563. The lowest BCUT2D eigenvalue weighted by Gasteiger charge is -2.18. The summed E-state index contributed by atoms with van der Waals surface area (Å²) in [6.07, 6.45) is -3.82. The lowest BCUT2D eigenvalue weighted by Crippen LogP contribution is -2.32. The molecule has 0 saturated heterocycles. The van der Waals surface area contributed by atoms with Gasteiger partial charge in [0.05, 0.1) is 16.3 Å². The maximum absolute atomic E-state index is 12.9. The number of hydrogen-bond acceptors (Lipinski definition) is 3. The van der Waals surface area contributed by atoms with Crippen LogP contribution in [0, 0.1) is 0 Å². The number of carbonyl (C=O) groups excluding carboxylic acids is 2. The Labute approximate surface area is 170 Å². The zero-order chi connectivity index (χ0) is 21.3. The third kappa shape index (κ3) is 4.64. The molecular weight excluding hydrogens is 407 g/mol. The number of nitrogens with zero attached hydrogens (tertiary/aromatic N) is 1. The van der Waals surface area contributed by atoms with E-state index in [0.717, 1.165) is 29.4 Å². The predicted molar refractivity (Wildman–Crippen MR) is 106 cm³/mol. The van der Waals surface area contributed by atoms with Crippen LogP contribution >= 0.6 is 11.6 Å². The highest BCUT2D eigenvalue weighted by Crippen LogP contribution is 2.34. The Morgan fingerprint density at radius 2 is 1.90 bits per heavy atom. The van der Waals surface area contributed by atoms with Gasteiger partial charge in [-0.25, -0.2) is 0 Å². The standard InChI is InChI=1S/C20H19ClF3N3O2/c1-11(19(29)26-17-10-14(20(22,23)24)3-5-16(17)21)25-15-4-6-18-13(9-15)7-8-27(18)12(2)28/h3-6,9-11,25H,7-8H2,1-2H3,(H,26,29)/t11-/m1/s1. The van der Waals surface area contributed by atoms with Crippen LogP contribution in [0.4, 0.5) is 30.2 Å². The summed E-state index contributed by atoms with van der Waals surface area (Å²) >= 11 is 5.92. The Morgan fingerprint density at radius 3 is 2.55 bits per heavy atom. The Morgan fingerprint density at radius 1 is 1.17 bits per heavy atom. The number of rotatable bonds is 4. The monoisotopic (exact) mass is 425 g/mol. The normalized spacial score (nSPS) is 14.3. The van der Waals surface area contributed by atoms with E-state index in [-0.39, 0.29) is 16.6 Å². The molecule has 0 aliphatic carbocycles. The Balaban J connectivity index is 1.70. The van der Waals surface area contributed by atoms with E-state index in [0.29, 0.717) is 18.7 Å². The van der Waals surface area contributed by atoms with Gasteiger partial charge in [-0.2, -0.15) is 13.2 Å². The number of halogens is 4. The van der Waals surface area contributed by atoms with Crippen molar-refractivity contribution < 1.29 is 22.8 Å². The number of nitrogens with one attached hydrogen (secondary N) is 2. The van der Waals surface area contributed by atoms with E-state index in [4.69, 9.17) is 11.6 Å². The molecule has 154 valence electrons. The van der Waals surface area contributed by atoms with Crippen LogP contribution in [-0.2, 0) is 22.2 Å². The Kier molecular flexibility index (Phi) is 5.75. The smallest absolute Gasteiger partial charge is 0.374 e. The van der Waals surface area contributed by atoms with Crippen molar-refractivity contribution in [2.75, 3.05) is 22.1 Å². The van der Waals surface area contributed by atoms with Gasteiger partial charge in [0.25, 0.3) is 0 Å². The van der Waals surface area contributed by atoms with E-state index < -0.39 is 23.7 Å². The van der Waals surface area contributed by atoms with Gasteiger partial charge in [0.1, 0.15) is 6.04 Å². The number of anilines is 3. The molecule has 2 amide bonds. The molecule has 0 aromatic heterocycles. The van der Waals surface area contributed by atoms with Gasteiger partial charge in [-0.3, -0.25) is 9.59 Å². The van der Waals surface area contributed by atoms with Gasteiger partial charge in [0.2, 0.25) is 11.8 Å². The molecule has 9 heteroatoms. The fourth-order valence-electron chi connectivity index (χ4n) is 3.17. The molecule has 0 unspecified atom stereocenters. The molecule has 0 spiro atoms. The minimum absolute atomic E-state index is 0.0143. The average molecular weight is 426 g/mol. The van der Waals surface area contributed by atoms with E-state index in [9.17, 15) is 22.8 Å². The number of carbonyl (C=O) groups is 2. The van der Waals surface area contributed by atoms with Gasteiger partial charge in [-0.05, 0) is 55.3 Å². The van der Waals surface area contributed by atoms with Crippen molar-refractivity contribution in [1.82, 2.24) is 0 Å². The van der Waals surface area contributed by atoms with Crippen LogP contribution in [-0.4, -0.2) is 24.4 Å². The van der Waals surface area contributed by atoms with Crippen molar-refractivity contribution in [3.05, 3.63) is 52.5 Å². The Bertz CT molecular complexity index is 962. The maximum Gasteiger partial charge on any atom is 0.416 e. The van der Waals surface area contributed by atoms with Crippen LogP contribution in [0.5, 0.6) is 0 Å². The highest BCUT2D eigenvalue weighted by molar-refractivity contribution is 6.33. The zero-order valence-corrected chi connectivity index (χ0v) is 16.5. The minimum atomic E-state index is -4.54. The number of alkyl halides is 3. The van der Waals surface area contributed by atoms with Crippen molar-refractivity contribution in [3.63, 3.8) is 0 Å². The second-order valence-electron chi connectivity index (χ2n) is 6.81. The maximum atomic E-state index is 12.9. The molecule has 0 radical (unpaired) electrons. The first-order chi connectivity index (χ1) is 13.6. The second-order valence-corrected chi connectivity index (χ2v) is 7.22. The van der Waals surface area contributed by atoms with Gasteiger partial charge in [-0.1, -0.05) is 11.6 Å². The molecule has 2 aromatic carbocycles. The molecule has 1 heterocycles. The molecular formula is C20H19ClF3N3O2. The molecule has 2 aromatic rings. The van der Waals surface area contributed by atoms with Crippen LogP contribution in [0.2, 0.25) is 5.02 Å².